The van der Waals surface area contributed by atoms with Crippen LogP contribution in [0.4, 0.5) is 0 Å². The van der Waals surface area contributed by atoms with Crippen LogP contribution in [0.15, 0.2) is 72.9 Å². The lowest BCUT2D eigenvalue weighted by Gasteiger charge is -2.21. The van der Waals surface area contributed by atoms with E-state index >= 15 is 0 Å². The van der Waals surface area contributed by atoms with Gasteiger partial charge in [-0.3, -0.25) is 37.3 Å². The van der Waals surface area contributed by atoms with Crippen molar-refractivity contribution in [3.63, 3.8) is 0 Å². The Morgan fingerprint density at radius 2 is 0.598 bits per heavy atom. The number of esters is 4. The average Bonchev–Trinajstić information content (AvgIpc) is 2.73. The molecule has 0 aliphatic rings. The molecule has 0 aliphatic heterocycles. The van der Waals surface area contributed by atoms with Crippen molar-refractivity contribution in [1.82, 2.24) is 0 Å². The fourth-order valence-electron chi connectivity index (χ4n) is 9.61. The number of ether oxygens (including phenoxy) is 4. The average molecular weight is 1340 g/mol. The first-order valence-electron chi connectivity index (χ1n) is 36.2. The number of carbonyl (C=O) groups is 4. The van der Waals surface area contributed by atoms with E-state index in [-0.39, 0.29) is 25.7 Å². The summed E-state index contributed by atoms with van der Waals surface area (Å²) in [5, 5.41) is 10.6. The molecule has 0 spiro atoms. The van der Waals surface area contributed by atoms with Crippen molar-refractivity contribution < 1.29 is 80.2 Å². The number of hydrogen-bond acceptors (Lipinski definition) is 15. The zero-order valence-corrected chi connectivity index (χ0v) is 59.8. The van der Waals surface area contributed by atoms with Crippen molar-refractivity contribution >= 4 is 39.5 Å². The molecule has 3 N–H and O–H groups in total. The number of aliphatic hydroxyl groups is 1. The normalized spacial score (nSPS) is 14.5. The molecule has 0 aromatic carbocycles. The number of allylic oxidation sites excluding steroid dienone is 12. The van der Waals surface area contributed by atoms with Gasteiger partial charge in [-0.1, -0.05) is 255 Å². The molecule has 19 heteroatoms. The smallest absolute Gasteiger partial charge is 0.462 e. The topological polar surface area (TPSA) is 237 Å². The Bertz CT molecular complexity index is 2040. The number of phosphoric ester groups is 2. The number of phosphoric acid groups is 2. The highest BCUT2D eigenvalue weighted by atomic mass is 31.2. The standard InChI is InChI=1S/C73H130O17P2/c1-5-9-13-17-21-25-29-32-33-36-39-42-46-50-54-58-71(76)84-64-69(90-73(78)60-56-52-48-44-40-35-31-27-23-19-15-11-7-3)66-88-92(81,82)86-62-67(74)61-85-91(79,80)87-65-68(89-72(77)59-55-51-47-43-37-28-24-20-16-12-8-4)63-83-70(75)57-53-49-45-41-38-34-30-26-22-18-14-10-6-2/h9,13-14,18,20-21,24-26,30,32-33,67-69,74H,5-8,10-12,15-17,19,22-23,27-29,31,34-66H2,1-4H3,(H,79,80)(H,81,82)/b13-9-,18-14-,24-20-,25-21-,30-26-,33-32-. The summed E-state index contributed by atoms with van der Waals surface area (Å²) in [5.41, 5.74) is 0. The Hall–Kier alpha value is -3.50. The van der Waals surface area contributed by atoms with Crippen LogP contribution in [0.3, 0.4) is 0 Å². The van der Waals surface area contributed by atoms with E-state index in [9.17, 15) is 43.2 Å². The van der Waals surface area contributed by atoms with Gasteiger partial charge in [0.2, 0.25) is 0 Å². The van der Waals surface area contributed by atoms with E-state index in [1.165, 1.54) is 64.2 Å². The Balaban J connectivity index is 5.32. The quantitative estimate of drug-likeness (QED) is 0.0169. The van der Waals surface area contributed by atoms with Gasteiger partial charge in [0.15, 0.2) is 12.2 Å². The molecule has 0 radical (unpaired) electrons. The molecular formula is C73H130O17P2. The van der Waals surface area contributed by atoms with Crippen LogP contribution in [0.1, 0.15) is 310 Å². The van der Waals surface area contributed by atoms with Gasteiger partial charge in [-0.25, -0.2) is 9.13 Å². The summed E-state index contributed by atoms with van der Waals surface area (Å²) in [7, 11) is -9.93. The predicted octanol–water partition coefficient (Wildman–Crippen LogP) is 20.1. The van der Waals surface area contributed by atoms with Crippen LogP contribution in [-0.2, 0) is 65.4 Å². The molecule has 0 aromatic heterocycles. The first-order valence-corrected chi connectivity index (χ1v) is 39.2. The van der Waals surface area contributed by atoms with Gasteiger partial charge in [-0.05, 0) is 103 Å². The summed E-state index contributed by atoms with van der Waals surface area (Å²) in [6.07, 6.45) is 63.4. The van der Waals surface area contributed by atoms with E-state index in [4.69, 9.17) is 37.0 Å². The van der Waals surface area contributed by atoms with E-state index in [0.29, 0.717) is 25.7 Å². The van der Waals surface area contributed by atoms with E-state index in [2.05, 4.69) is 101 Å². The molecule has 0 bridgehead atoms. The second-order valence-electron chi connectivity index (χ2n) is 24.2. The summed E-state index contributed by atoms with van der Waals surface area (Å²) < 4.78 is 68.2. The number of hydrogen-bond donors (Lipinski definition) is 3. The highest BCUT2D eigenvalue weighted by Gasteiger charge is 2.30. The SMILES string of the molecule is CC/C=C\C/C=C\C/C=C\CCCCCCCC(=O)OCC(COP(=O)(O)OCC(O)COP(=O)(O)OCC(COC(=O)CCCCCCC/C=C\C/C=C\CCC)OC(=O)CCCCCCC/C=C\CCCC)OC(=O)CCCCCCCCCCCCCCC. The van der Waals surface area contributed by atoms with Crippen molar-refractivity contribution in [3.8, 4) is 0 Å². The summed E-state index contributed by atoms with van der Waals surface area (Å²) in [6.45, 7) is 4.63. The Kier molecular flexibility index (Phi) is 63.6. The van der Waals surface area contributed by atoms with Gasteiger partial charge in [0.25, 0.3) is 0 Å². The third-order valence-corrected chi connectivity index (χ3v) is 17.0. The molecule has 0 heterocycles. The minimum Gasteiger partial charge on any atom is -0.462 e. The van der Waals surface area contributed by atoms with Crippen LogP contribution in [0, 0.1) is 0 Å². The maximum Gasteiger partial charge on any atom is 0.472 e. The second kappa shape index (κ2) is 66.1. The molecule has 17 nitrogen and oxygen atoms in total. The van der Waals surface area contributed by atoms with Crippen LogP contribution in [0.25, 0.3) is 0 Å². The highest BCUT2D eigenvalue weighted by molar-refractivity contribution is 7.47. The third-order valence-electron chi connectivity index (χ3n) is 15.1. The van der Waals surface area contributed by atoms with Gasteiger partial charge in [-0.15, -0.1) is 0 Å². The van der Waals surface area contributed by atoms with Gasteiger partial charge in [0, 0.05) is 25.7 Å². The largest absolute Gasteiger partial charge is 0.472 e. The van der Waals surface area contributed by atoms with Crippen LogP contribution >= 0.6 is 15.6 Å². The van der Waals surface area contributed by atoms with Gasteiger partial charge >= 0.3 is 39.5 Å². The van der Waals surface area contributed by atoms with Gasteiger partial charge < -0.3 is 33.8 Å². The fourth-order valence-corrected chi connectivity index (χ4v) is 11.2. The highest BCUT2D eigenvalue weighted by Crippen LogP contribution is 2.45. The van der Waals surface area contributed by atoms with E-state index in [1.807, 2.05) is 0 Å². The predicted molar refractivity (Wildman–Crippen MR) is 372 cm³/mol. The third kappa shape index (κ3) is 65.2. The minimum absolute atomic E-state index is 0.0835. The van der Waals surface area contributed by atoms with Crippen molar-refractivity contribution in [3.05, 3.63) is 72.9 Å². The minimum atomic E-state index is -4.97. The molecule has 0 saturated carbocycles. The first-order chi connectivity index (χ1) is 44.7. The second-order valence-corrected chi connectivity index (χ2v) is 27.1. The molecule has 92 heavy (non-hydrogen) atoms. The molecule has 0 aromatic rings. The monoisotopic (exact) mass is 1340 g/mol. The molecule has 0 fully saturated rings. The van der Waals surface area contributed by atoms with Crippen molar-refractivity contribution in [1.29, 1.82) is 0 Å². The van der Waals surface area contributed by atoms with Crippen LogP contribution < -0.4 is 0 Å². The van der Waals surface area contributed by atoms with Crippen LogP contribution in [-0.4, -0.2) is 96.7 Å². The van der Waals surface area contributed by atoms with Crippen molar-refractivity contribution in [2.75, 3.05) is 39.6 Å². The van der Waals surface area contributed by atoms with E-state index < -0.39 is 97.5 Å². The zero-order valence-electron chi connectivity index (χ0n) is 58.0. The summed E-state index contributed by atoms with van der Waals surface area (Å²) in [6, 6.07) is 0. The van der Waals surface area contributed by atoms with Gasteiger partial charge in [0.1, 0.15) is 19.3 Å². The fraction of sp³-hybridized carbons (Fsp3) is 0.781. The maximum atomic E-state index is 13.0. The van der Waals surface area contributed by atoms with Gasteiger partial charge in [0.05, 0.1) is 26.4 Å². The van der Waals surface area contributed by atoms with E-state index in [1.54, 1.807) is 0 Å². The Morgan fingerprint density at radius 1 is 0.315 bits per heavy atom. The van der Waals surface area contributed by atoms with Crippen LogP contribution in [0.5, 0.6) is 0 Å². The summed E-state index contributed by atoms with van der Waals surface area (Å²) in [5.74, 6) is -2.20. The lowest BCUT2D eigenvalue weighted by atomic mass is 10.0. The number of carbonyl (C=O) groups excluding carboxylic acids is 4. The molecule has 5 unspecified atom stereocenters. The molecule has 0 aliphatic carbocycles. The van der Waals surface area contributed by atoms with Gasteiger partial charge in [-0.2, -0.15) is 0 Å². The van der Waals surface area contributed by atoms with Crippen LogP contribution in [0.2, 0.25) is 0 Å². The molecule has 5 atom stereocenters. The van der Waals surface area contributed by atoms with Crippen molar-refractivity contribution in [2.24, 2.45) is 0 Å². The first kappa shape index (κ1) is 88.5. The zero-order chi connectivity index (χ0) is 67.5. The molecule has 0 rings (SSSR count). The number of aliphatic hydroxyl groups excluding tert-OH is 1. The lowest BCUT2D eigenvalue weighted by Crippen LogP contribution is -2.30. The lowest BCUT2D eigenvalue weighted by molar-refractivity contribution is -0.161. The van der Waals surface area contributed by atoms with Crippen molar-refractivity contribution in [2.45, 2.75) is 329 Å². The molecule has 0 saturated heterocycles. The molecule has 534 valence electrons. The molecule has 0 amide bonds. The molecular weight excluding hydrogens is 1210 g/mol. The number of unbranched alkanes of at least 4 members (excludes halogenated alkanes) is 30. The maximum absolute atomic E-state index is 13.0. The van der Waals surface area contributed by atoms with E-state index in [0.717, 1.165) is 167 Å². The number of rotatable bonds is 68. The Morgan fingerprint density at radius 3 is 0.957 bits per heavy atom. The summed E-state index contributed by atoms with van der Waals surface area (Å²) >= 11 is 0. The Labute approximate surface area is 558 Å². The summed E-state index contributed by atoms with van der Waals surface area (Å²) in [4.78, 5) is 72.6.